The van der Waals surface area contributed by atoms with E-state index in [9.17, 15) is 9.90 Å². The van der Waals surface area contributed by atoms with Crippen LogP contribution in [0.2, 0.25) is 0 Å². The summed E-state index contributed by atoms with van der Waals surface area (Å²) in [5.74, 6) is 1.66. The molecule has 1 saturated carbocycles. The molecule has 4 fully saturated rings. The third-order valence-corrected chi connectivity index (χ3v) is 6.26. The van der Waals surface area contributed by atoms with Crippen LogP contribution in [0, 0.1) is 17.8 Å². The molecule has 0 spiro atoms. The van der Waals surface area contributed by atoms with E-state index in [0.717, 1.165) is 35.8 Å². The Balaban J connectivity index is 1.62. The normalized spacial score (nSPS) is 32.7. The second-order valence-corrected chi connectivity index (χ2v) is 7.80. The summed E-state index contributed by atoms with van der Waals surface area (Å²) in [5.41, 5.74) is 3.32. The van der Waals surface area contributed by atoms with Crippen LogP contribution in [0.4, 0.5) is 0 Å². The number of pyridine rings is 2. The molecule has 2 atom stereocenters. The molecular formula is C20H21N3O2. The van der Waals surface area contributed by atoms with E-state index >= 15 is 0 Å². The lowest BCUT2D eigenvalue weighted by molar-refractivity contribution is -0.0366. The molecule has 3 aliphatic heterocycles. The van der Waals surface area contributed by atoms with Crippen LogP contribution in [0.25, 0.3) is 11.1 Å². The van der Waals surface area contributed by atoms with Crippen LogP contribution >= 0.6 is 0 Å². The van der Waals surface area contributed by atoms with Gasteiger partial charge in [0.1, 0.15) is 0 Å². The topological polar surface area (TPSA) is 66.3 Å². The number of carboxylic acid groups (broad SMARTS) is 1. The molecule has 5 nitrogen and oxygen atoms in total. The minimum absolute atomic E-state index is 0.253. The first-order valence-electron chi connectivity index (χ1n) is 9.05. The van der Waals surface area contributed by atoms with Crippen LogP contribution in [0.5, 0.6) is 0 Å². The number of carbonyl (C=O) groups is 1. The summed E-state index contributed by atoms with van der Waals surface area (Å²) >= 11 is 0. The minimum atomic E-state index is -0.925. The number of nitrogens with zero attached hydrogens (tertiary/aromatic N) is 3. The Hall–Kier alpha value is -2.27. The van der Waals surface area contributed by atoms with Gasteiger partial charge in [-0.2, -0.15) is 0 Å². The molecule has 4 aliphatic rings. The number of aromatic nitrogens is 2. The highest BCUT2D eigenvalue weighted by atomic mass is 16.4. The largest absolute Gasteiger partial charge is 0.478 e. The maximum absolute atomic E-state index is 11.5. The van der Waals surface area contributed by atoms with Gasteiger partial charge in [-0.25, -0.2) is 4.79 Å². The van der Waals surface area contributed by atoms with Crippen molar-refractivity contribution in [2.45, 2.75) is 18.8 Å². The number of carboxylic acids is 1. The van der Waals surface area contributed by atoms with E-state index in [2.05, 4.69) is 9.88 Å². The lowest BCUT2D eigenvalue weighted by Crippen LogP contribution is -2.57. The maximum Gasteiger partial charge on any atom is 0.337 e. The maximum atomic E-state index is 11.5. The minimum Gasteiger partial charge on any atom is -0.478 e. The first-order chi connectivity index (χ1) is 12.2. The quantitative estimate of drug-likeness (QED) is 0.934. The summed E-state index contributed by atoms with van der Waals surface area (Å²) < 4.78 is 0. The van der Waals surface area contributed by atoms with Crippen LogP contribution in [-0.4, -0.2) is 45.6 Å². The van der Waals surface area contributed by atoms with Gasteiger partial charge in [-0.15, -0.1) is 0 Å². The van der Waals surface area contributed by atoms with Crippen molar-refractivity contribution >= 4 is 5.97 Å². The Morgan fingerprint density at radius 2 is 1.84 bits per heavy atom. The summed E-state index contributed by atoms with van der Waals surface area (Å²) in [6.07, 6.45) is 7.63. The van der Waals surface area contributed by atoms with Crippen molar-refractivity contribution in [3.8, 4) is 11.1 Å². The summed E-state index contributed by atoms with van der Waals surface area (Å²) in [6, 6.07) is 5.70. The molecule has 3 saturated heterocycles. The second-order valence-electron chi connectivity index (χ2n) is 7.80. The number of hydrogen-bond acceptors (Lipinski definition) is 4. The predicted molar refractivity (Wildman–Crippen MR) is 93.3 cm³/mol. The molecule has 0 aromatic carbocycles. The van der Waals surface area contributed by atoms with E-state index in [4.69, 9.17) is 4.98 Å². The van der Waals surface area contributed by atoms with Crippen LogP contribution in [0.3, 0.4) is 0 Å². The third-order valence-electron chi connectivity index (χ3n) is 6.26. The van der Waals surface area contributed by atoms with E-state index in [-0.39, 0.29) is 5.56 Å². The molecule has 128 valence electrons. The highest BCUT2D eigenvalue weighted by Crippen LogP contribution is 2.52. The molecule has 5 heterocycles. The zero-order valence-corrected chi connectivity index (χ0v) is 14.0. The summed E-state index contributed by atoms with van der Waals surface area (Å²) in [4.78, 5) is 22.9. The Kier molecular flexibility index (Phi) is 3.38. The molecule has 4 bridgehead atoms. The number of hydrogen-bond donors (Lipinski definition) is 1. The molecule has 0 amide bonds. The standard InChI is InChI=1S/C20H21N3O2/c24-20(25)14-7-17(13-1-3-21-4-2-13)19(22-8-14)18-15-5-12-6-16(18)11-23(9-12)10-15/h1-4,7-8,12,15-16,18H,5-6,9-11H2,(H,24,25). The zero-order chi connectivity index (χ0) is 17.0. The van der Waals surface area contributed by atoms with Gasteiger partial charge in [-0.05, 0) is 54.4 Å². The van der Waals surface area contributed by atoms with Gasteiger partial charge < -0.3 is 10.0 Å². The van der Waals surface area contributed by atoms with Gasteiger partial charge in [0.2, 0.25) is 0 Å². The molecule has 5 heteroatoms. The van der Waals surface area contributed by atoms with Crippen molar-refractivity contribution in [1.29, 1.82) is 0 Å². The fourth-order valence-electron chi connectivity index (χ4n) is 5.48. The Morgan fingerprint density at radius 3 is 2.48 bits per heavy atom. The molecule has 0 radical (unpaired) electrons. The zero-order valence-electron chi connectivity index (χ0n) is 14.0. The van der Waals surface area contributed by atoms with Crippen LogP contribution in [0.1, 0.15) is 34.8 Å². The van der Waals surface area contributed by atoms with Gasteiger partial charge in [-0.1, -0.05) is 0 Å². The molecular weight excluding hydrogens is 314 g/mol. The number of piperidine rings is 3. The van der Waals surface area contributed by atoms with Gasteiger partial charge in [0, 0.05) is 49.7 Å². The van der Waals surface area contributed by atoms with Gasteiger partial charge >= 0.3 is 5.97 Å². The Bertz CT molecular complexity index is 793. The highest BCUT2D eigenvalue weighted by molar-refractivity contribution is 5.89. The highest BCUT2D eigenvalue weighted by Gasteiger charge is 2.48. The molecule has 25 heavy (non-hydrogen) atoms. The molecule has 2 aromatic heterocycles. The van der Waals surface area contributed by atoms with Crippen molar-refractivity contribution in [3.05, 3.63) is 48.0 Å². The summed E-state index contributed by atoms with van der Waals surface area (Å²) in [6.45, 7) is 3.59. The van der Waals surface area contributed by atoms with Crippen molar-refractivity contribution < 1.29 is 9.90 Å². The van der Waals surface area contributed by atoms with E-state index in [1.54, 1.807) is 18.5 Å². The van der Waals surface area contributed by atoms with E-state index in [1.807, 2.05) is 12.1 Å². The molecule has 2 unspecified atom stereocenters. The van der Waals surface area contributed by atoms with Crippen molar-refractivity contribution in [3.63, 3.8) is 0 Å². The van der Waals surface area contributed by atoms with Crippen LogP contribution in [-0.2, 0) is 0 Å². The number of aromatic carboxylic acids is 1. The average Bonchev–Trinajstić information content (AvgIpc) is 2.61. The monoisotopic (exact) mass is 335 g/mol. The van der Waals surface area contributed by atoms with E-state index in [0.29, 0.717) is 17.8 Å². The SMILES string of the molecule is O=C(O)c1cnc(C2C3CC4CC2CN(C4)C3)c(-c2ccncc2)c1. The fraction of sp³-hybridized carbons (Fsp3) is 0.450. The van der Waals surface area contributed by atoms with Gasteiger partial charge in [0.25, 0.3) is 0 Å². The first kappa shape index (κ1) is 15.0. The first-order valence-corrected chi connectivity index (χ1v) is 9.05. The fourth-order valence-corrected chi connectivity index (χ4v) is 5.48. The predicted octanol–water partition coefficient (Wildman–Crippen LogP) is 2.90. The summed E-state index contributed by atoms with van der Waals surface area (Å²) in [7, 11) is 0. The van der Waals surface area contributed by atoms with Crippen molar-refractivity contribution in [1.82, 2.24) is 14.9 Å². The lowest BCUT2D eigenvalue weighted by Gasteiger charge is -2.56. The Morgan fingerprint density at radius 1 is 1.12 bits per heavy atom. The summed E-state index contributed by atoms with van der Waals surface area (Å²) in [5, 5.41) is 9.40. The molecule has 1 aliphatic carbocycles. The molecule has 2 aromatic rings. The average molecular weight is 335 g/mol. The molecule has 6 rings (SSSR count). The van der Waals surface area contributed by atoms with Crippen LogP contribution < -0.4 is 0 Å². The van der Waals surface area contributed by atoms with Crippen LogP contribution in [0.15, 0.2) is 36.8 Å². The van der Waals surface area contributed by atoms with Crippen molar-refractivity contribution in [2.75, 3.05) is 19.6 Å². The van der Waals surface area contributed by atoms with E-state index in [1.165, 1.54) is 25.6 Å². The number of rotatable bonds is 3. The van der Waals surface area contributed by atoms with E-state index < -0.39 is 5.97 Å². The van der Waals surface area contributed by atoms with Gasteiger partial charge in [0.05, 0.1) is 11.3 Å². The lowest BCUT2D eigenvalue weighted by atomic mass is 9.60. The van der Waals surface area contributed by atoms with Crippen molar-refractivity contribution in [2.24, 2.45) is 17.8 Å². The smallest absolute Gasteiger partial charge is 0.337 e. The van der Waals surface area contributed by atoms with Gasteiger partial charge in [-0.3, -0.25) is 9.97 Å². The molecule has 1 N–H and O–H groups in total. The second kappa shape index (κ2) is 5.63. The Labute approximate surface area is 146 Å². The third kappa shape index (κ3) is 2.45. The van der Waals surface area contributed by atoms with Gasteiger partial charge in [0.15, 0.2) is 0 Å².